The highest BCUT2D eigenvalue weighted by atomic mass is 35.5. The van der Waals surface area contributed by atoms with E-state index in [1.807, 2.05) is 31.6 Å². The number of nitrogens with one attached hydrogen (secondary N) is 1. The van der Waals surface area contributed by atoms with Gasteiger partial charge in [-0.25, -0.2) is 4.98 Å². The van der Waals surface area contributed by atoms with Gasteiger partial charge >= 0.3 is 0 Å². The molecule has 2 heterocycles. The first-order chi connectivity index (χ1) is 7.33. The Morgan fingerprint density at radius 1 is 1.53 bits per heavy atom. The fourth-order valence-electron chi connectivity index (χ4n) is 1.65. The number of imidazole rings is 1. The molecule has 2 rings (SSSR count). The topological polar surface area (TPSA) is 29.3 Å². The summed E-state index contributed by atoms with van der Waals surface area (Å²) in [5.74, 6) is 1.07. The third kappa shape index (κ3) is 2.13. The van der Waals surface area contributed by atoms with Crippen molar-refractivity contribution in [3.8, 4) is 0 Å². The molecule has 0 saturated heterocycles. The minimum Gasteiger partial charge on any atom is -0.320 e. The van der Waals surface area contributed by atoms with Crippen LogP contribution >= 0.6 is 11.6 Å². The maximum atomic E-state index is 6.06. The Morgan fingerprint density at radius 3 is 3.20 bits per heavy atom. The maximum Gasteiger partial charge on any atom is 0.113 e. The zero-order valence-electron chi connectivity index (χ0n) is 8.70. The van der Waals surface area contributed by atoms with Crippen LogP contribution in [0.3, 0.4) is 0 Å². The fourth-order valence-corrected chi connectivity index (χ4v) is 1.86. The van der Waals surface area contributed by atoms with E-state index in [9.17, 15) is 0 Å². The zero-order valence-corrected chi connectivity index (χ0v) is 9.46. The Balaban J connectivity index is 2.25. The Kier molecular flexibility index (Phi) is 3.23. The minimum absolute atomic E-state index is 0.755. The van der Waals surface area contributed by atoms with Crippen molar-refractivity contribution in [2.24, 2.45) is 0 Å². The van der Waals surface area contributed by atoms with E-state index >= 15 is 0 Å². The van der Waals surface area contributed by atoms with Crippen LogP contribution in [0.4, 0.5) is 0 Å². The van der Waals surface area contributed by atoms with Crippen molar-refractivity contribution in [2.45, 2.75) is 12.8 Å². The Hall–Kier alpha value is -1.06. The lowest BCUT2D eigenvalue weighted by Gasteiger charge is -2.01. The lowest BCUT2D eigenvalue weighted by atomic mass is 10.3. The molecule has 0 unspecified atom stereocenters. The van der Waals surface area contributed by atoms with E-state index in [1.54, 1.807) is 0 Å². The predicted molar refractivity (Wildman–Crippen MR) is 62.4 cm³/mol. The molecule has 0 saturated carbocycles. The maximum absolute atomic E-state index is 6.06. The van der Waals surface area contributed by atoms with Gasteiger partial charge in [0.1, 0.15) is 5.82 Å². The standard InChI is InChI=1S/C11H14ClN3/c1-13-6-2-5-11-14-8-10-9(12)4-3-7-15(10)11/h3-4,7-8,13H,2,5-6H2,1H3. The van der Waals surface area contributed by atoms with Crippen molar-refractivity contribution in [3.05, 3.63) is 35.4 Å². The van der Waals surface area contributed by atoms with Crippen molar-refractivity contribution in [1.29, 1.82) is 0 Å². The monoisotopic (exact) mass is 223 g/mol. The number of rotatable bonds is 4. The summed E-state index contributed by atoms with van der Waals surface area (Å²) in [6.07, 6.45) is 5.89. The van der Waals surface area contributed by atoms with E-state index < -0.39 is 0 Å². The third-order valence-electron chi connectivity index (χ3n) is 2.42. The second-order valence-corrected chi connectivity index (χ2v) is 3.90. The van der Waals surface area contributed by atoms with Gasteiger partial charge in [-0.2, -0.15) is 0 Å². The number of aromatic nitrogens is 2. The summed E-state index contributed by atoms with van der Waals surface area (Å²) in [6.45, 7) is 1.01. The van der Waals surface area contributed by atoms with Crippen molar-refractivity contribution < 1.29 is 0 Å². The highest BCUT2D eigenvalue weighted by Crippen LogP contribution is 2.18. The molecule has 2 aromatic heterocycles. The quantitative estimate of drug-likeness (QED) is 0.805. The smallest absolute Gasteiger partial charge is 0.113 e. The number of aryl methyl sites for hydroxylation is 1. The molecule has 0 bridgehead atoms. The van der Waals surface area contributed by atoms with Gasteiger partial charge in [0.25, 0.3) is 0 Å². The summed E-state index contributed by atoms with van der Waals surface area (Å²) < 4.78 is 2.05. The largest absolute Gasteiger partial charge is 0.320 e. The number of pyridine rings is 1. The Morgan fingerprint density at radius 2 is 2.40 bits per heavy atom. The molecule has 0 aliphatic rings. The van der Waals surface area contributed by atoms with Gasteiger partial charge in [0.15, 0.2) is 0 Å². The van der Waals surface area contributed by atoms with Crippen LogP contribution in [0.5, 0.6) is 0 Å². The molecule has 0 radical (unpaired) electrons. The molecule has 1 N–H and O–H groups in total. The molecule has 0 aliphatic heterocycles. The molecule has 0 aliphatic carbocycles. The third-order valence-corrected chi connectivity index (χ3v) is 2.74. The summed E-state index contributed by atoms with van der Waals surface area (Å²) >= 11 is 6.06. The molecule has 80 valence electrons. The van der Waals surface area contributed by atoms with Crippen LogP contribution in [-0.2, 0) is 6.42 Å². The van der Waals surface area contributed by atoms with Crippen molar-refractivity contribution >= 4 is 17.1 Å². The van der Waals surface area contributed by atoms with Crippen molar-refractivity contribution in [2.75, 3.05) is 13.6 Å². The molecule has 3 nitrogen and oxygen atoms in total. The second-order valence-electron chi connectivity index (χ2n) is 3.49. The Bertz CT molecular complexity index is 450. The van der Waals surface area contributed by atoms with E-state index in [0.29, 0.717) is 0 Å². The Labute approximate surface area is 94.1 Å². The van der Waals surface area contributed by atoms with E-state index in [-0.39, 0.29) is 0 Å². The van der Waals surface area contributed by atoms with E-state index in [1.165, 1.54) is 0 Å². The SMILES string of the molecule is CNCCCc1ncc2c(Cl)cccn12. The van der Waals surface area contributed by atoms with Crippen LogP contribution in [0.1, 0.15) is 12.2 Å². The van der Waals surface area contributed by atoms with Gasteiger partial charge < -0.3 is 9.72 Å². The lowest BCUT2D eigenvalue weighted by molar-refractivity contribution is 0.701. The fraction of sp³-hybridized carbons (Fsp3) is 0.364. The van der Waals surface area contributed by atoms with Crippen molar-refractivity contribution in [3.63, 3.8) is 0 Å². The average molecular weight is 224 g/mol. The molecular weight excluding hydrogens is 210 g/mol. The summed E-state index contributed by atoms with van der Waals surface area (Å²) in [5.41, 5.74) is 0.985. The van der Waals surface area contributed by atoms with Gasteiger partial charge in [0.2, 0.25) is 0 Å². The second kappa shape index (κ2) is 4.64. The number of hydrogen-bond acceptors (Lipinski definition) is 2. The molecule has 0 aromatic carbocycles. The summed E-state index contributed by atoms with van der Waals surface area (Å²) in [5, 5.41) is 3.88. The zero-order chi connectivity index (χ0) is 10.7. The van der Waals surface area contributed by atoms with Crippen LogP contribution in [0, 0.1) is 0 Å². The predicted octanol–water partition coefficient (Wildman–Crippen LogP) is 2.14. The van der Waals surface area contributed by atoms with Gasteiger partial charge in [-0.1, -0.05) is 11.6 Å². The molecule has 0 atom stereocenters. The van der Waals surface area contributed by atoms with Gasteiger partial charge in [-0.05, 0) is 32.1 Å². The van der Waals surface area contributed by atoms with E-state index in [2.05, 4.69) is 14.7 Å². The van der Waals surface area contributed by atoms with Crippen LogP contribution in [0.2, 0.25) is 5.02 Å². The highest BCUT2D eigenvalue weighted by molar-refractivity contribution is 6.33. The number of hydrogen-bond donors (Lipinski definition) is 1. The number of fused-ring (bicyclic) bond motifs is 1. The molecular formula is C11H14ClN3. The molecule has 0 spiro atoms. The number of halogens is 1. The van der Waals surface area contributed by atoms with Crippen LogP contribution in [-0.4, -0.2) is 23.0 Å². The lowest BCUT2D eigenvalue weighted by Crippen LogP contribution is -2.09. The van der Waals surface area contributed by atoms with Crippen LogP contribution < -0.4 is 5.32 Å². The highest BCUT2D eigenvalue weighted by Gasteiger charge is 2.04. The van der Waals surface area contributed by atoms with Crippen LogP contribution in [0.25, 0.3) is 5.52 Å². The molecule has 0 fully saturated rings. The first kappa shape index (κ1) is 10.5. The molecule has 2 aromatic rings. The number of nitrogens with zero attached hydrogens (tertiary/aromatic N) is 2. The summed E-state index contributed by atoms with van der Waals surface area (Å²) in [4.78, 5) is 4.38. The first-order valence-corrected chi connectivity index (χ1v) is 5.46. The average Bonchev–Trinajstić information content (AvgIpc) is 2.64. The van der Waals surface area contributed by atoms with Gasteiger partial charge in [0, 0.05) is 12.6 Å². The van der Waals surface area contributed by atoms with Gasteiger partial charge in [0.05, 0.1) is 16.7 Å². The summed E-state index contributed by atoms with van der Waals surface area (Å²) in [6, 6.07) is 3.83. The molecule has 0 amide bonds. The first-order valence-electron chi connectivity index (χ1n) is 5.08. The van der Waals surface area contributed by atoms with E-state index in [4.69, 9.17) is 11.6 Å². The van der Waals surface area contributed by atoms with Crippen molar-refractivity contribution in [1.82, 2.24) is 14.7 Å². The summed E-state index contributed by atoms with van der Waals surface area (Å²) in [7, 11) is 1.96. The van der Waals surface area contributed by atoms with E-state index in [0.717, 1.165) is 35.8 Å². The minimum atomic E-state index is 0.755. The van der Waals surface area contributed by atoms with Gasteiger partial charge in [-0.3, -0.25) is 0 Å². The van der Waals surface area contributed by atoms with Gasteiger partial charge in [-0.15, -0.1) is 0 Å². The molecule has 15 heavy (non-hydrogen) atoms. The normalized spacial score (nSPS) is 11.1. The van der Waals surface area contributed by atoms with Crippen LogP contribution in [0.15, 0.2) is 24.5 Å². The molecule has 4 heteroatoms.